The first-order chi connectivity index (χ1) is 20.9. The summed E-state index contributed by atoms with van der Waals surface area (Å²) in [4.78, 5) is 71.4. The third-order valence-electron chi connectivity index (χ3n) is 6.46. The Labute approximate surface area is 260 Å². The van der Waals surface area contributed by atoms with E-state index in [1.54, 1.807) is 20.8 Å². The normalized spacial score (nSPS) is 13.8. The molecule has 0 aliphatic carbocycles. The summed E-state index contributed by atoms with van der Waals surface area (Å²) in [5, 5.41) is 12.0. The summed E-state index contributed by atoms with van der Waals surface area (Å²) in [7, 11) is 0. The molecule has 0 spiro atoms. The van der Waals surface area contributed by atoms with E-state index in [0.29, 0.717) is 77.9 Å². The molecule has 1 aliphatic heterocycles. The lowest BCUT2D eigenvalue weighted by molar-refractivity contribution is -0.144. The Kier molecular flexibility index (Phi) is 19.8. The van der Waals surface area contributed by atoms with Gasteiger partial charge in [-0.15, -0.1) is 0 Å². The molecule has 0 radical (unpaired) electrons. The Bertz CT molecular complexity index is 941. The third-order valence-corrected chi connectivity index (χ3v) is 6.46. The summed E-state index contributed by atoms with van der Waals surface area (Å²) in [6, 6.07) is 0. The molecule has 1 aliphatic rings. The highest BCUT2D eigenvalue weighted by Crippen LogP contribution is 2.14. The zero-order valence-corrected chi connectivity index (χ0v) is 26.4. The zero-order valence-electron chi connectivity index (χ0n) is 26.4. The van der Waals surface area contributed by atoms with Gasteiger partial charge in [-0.25, -0.2) is 4.79 Å². The number of Topliss-reactive ketones (excluding diaryl/α,β-unsaturated/α-hetero) is 2. The Balaban J connectivity index is 1.94. The van der Waals surface area contributed by atoms with Gasteiger partial charge in [-0.1, -0.05) is 12.8 Å². The molecule has 1 unspecified atom stereocenters. The first kappa shape index (κ1) is 38.9. The van der Waals surface area contributed by atoms with E-state index in [9.17, 15) is 33.9 Å². The number of nitrogens with zero attached hydrogens (tertiary/aromatic N) is 1. The molecule has 2 N–H and O–H groups in total. The van der Waals surface area contributed by atoms with Crippen LogP contribution in [0.3, 0.4) is 0 Å². The van der Waals surface area contributed by atoms with Crippen molar-refractivity contribution in [1.82, 2.24) is 10.2 Å². The number of nitrogens with one attached hydrogen (secondary N) is 1. The number of rotatable bonds is 26. The molecule has 0 saturated heterocycles. The van der Waals surface area contributed by atoms with E-state index in [4.69, 9.17) is 18.9 Å². The largest absolute Gasteiger partial charge is 0.481 e. The van der Waals surface area contributed by atoms with Crippen LogP contribution in [0, 0.1) is 5.92 Å². The molecular weight excluding hydrogens is 576 g/mol. The molecule has 1 atom stereocenters. The van der Waals surface area contributed by atoms with Crippen molar-refractivity contribution >= 4 is 35.4 Å². The molecule has 0 saturated carbocycles. The van der Waals surface area contributed by atoms with Crippen LogP contribution in [-0.2, 0) is 42.9 Å². The number of carboxylic acid groups (broad SMARTS) is 1. The van der Waals surface area contributed by atoms with E-state index < -0.39 is 23.6 Å². The van der Waals surface area contributed by atoms with Gasteiger partial charge in [0.2, 0.25) is 0 Å². The first-order valence-electron chi connectivity index (χ1n) is 15.4. The van der Waals surface area contributed by atoms with E-state index in [1.807, 2.05) is 0 Å². The van der Waals surface area contributed by atoms with Gasteiger partial charge >= 0.3 is 12.1 Å². The fraction of sp³-hybridized carbons (Fsp3) is 0.742. The summed E-state index contributed by atoms with van der Waals surface area (Å²) in [5.41, 5.74) is -0.586. The second-order valence-electron chi connectivity index (χ2n) is 11.6. The number of alkyl carbamates (subject to hydrolysis) is 1. The summed E-state index contributed by atoms with van der Waals surface area (Å²) >= 11 is 0. The minimum atomic E-state index is -1.04. The number of carbonyl (C=O) groups excluding carboxylic acids is 5. The van der Waals surface area contributed by atoms with Gasteiger partial charge in [0.05, 0.1) is 32.3 Å². The van der Waals surface area contributed by atoms with E-state index in [2.05, 4.69) is 5.32 Å². The fourth-order valence-electron chi connectivity index (χ4n) is 4.21. The van der Waals surface area contributed by atoms with Gasteiger partial charge in [0.1, 0.15) is 18.0 Å². The van der Waals surface area contributed by atoms with Crippen molar-refractivity contribution in [2.75, 3.05) is 52.7 Å². The zero-order chi connectivity index (χ0) is 32.8. The van der Waals surface area contributed by atoms with Crippen molar-refractivity contribution in [1.29, 1.82) is 0 Å². The third kappa shape index (κ3) is 19.9. The summed E-state index contributed by atoms with van der Waals surface area (Å²) in [5.74, 6) is -2.54. The number of amides is 3. The molecule has 0 aromatic rings. The molecule has 13 heteroatoms. The second kappa shape index (κ2) is 22.4. The number of carbonyl (C=O) groups is 6. The second-order valence-corrected chi connectivity index (χ2v) is 11.6. The van der Waals surface area contributed by atoms with Crippen LogP contribution >= 0.6 is 0 Å². The Morgan fingerprint density at radius 1 is 0.795 bits per heavy atom. The Morgan fingerprint density at radius 3 is 2.05 bits per heavy atom. The summed E-state index contributed by atoms with van der Waals surface area (Å²) in [6.07, 6.45) is 7.03. The molecule has 250 valence electrons. The van der Waals surface area contributed by atoms with E-state index in [-0.39, 0.29) is 49.6 Å². The summed E-state index contributed by atoms with van der Waals surface area (Å²) < 4.78 is 21.3. The van der Waals surface area contributed by atoms with Crippen LogP contribution in [0.2, 0.25) is 0 Å². The van der Waals surface area contributed by atoms with Gasteiger partial charge in [-0.05, 0) is 52.9 Å². The topological polar surface area (TPSA) is 175 Å². The maximum absolute atomic E-state index is 12.1. The van der Waals surface area contributed by atoms with Gasteiger partial charge in [0, 0.05) is 51.1 Å². The van der Waals surface area contributed by atoms with Gasteiger partial charge in [0.25, 0.3) is 11.8 Å². The molecule has 1 rings (SSSR count). The highest BCUT2D eigenvalue weighted by molar-refractivity contribution is 6.12. The Hall–Kier alpha value is -3.16. The van der Waals surface area contributed by atoms with Crippen molar-refractivity contribution in [3.63, 3.8) is 0 Å². The van der Waals surface area contributed by atoms with Crippen LogP contribution in [0.1, 0.15) is 85.0 Å². The lowest BCUT2D eigenvalue weighted by Gasteiger charge is -2.19. The molecule has 44 heavy (non-hydrogen) atoms. The average Bonchev–Trinajstić information content (AvgIpc) is 3.26. The van der Waals surface area contributed by atoms with Crippen molar-refractivity contribution < 1.29 is 52.8 Å². The first-order valence-corrected chi connectivity index (χ1v) is 15.4. The van der Waals surface area contributed by atoms with Crippen LogP contribution < -0.4 is 5.32 Å². The number of ketones is 2. The lowest BCUT2D eigenvalue weighted by atomic mass is 9.96. The number of imide groups is 1. The van der Waals surface area contributed by atoms with Crippen molar-refractivity contribution in [2.45, 2.75) is 90.6 Å². The fourth-order valence-corrected chi connectivity index (χ4v) is 4.21. The molecule has 0 aromatic carbocycles. The van der Waals surface area contributed by atoms with Gasteiger partial charge < -0.3 is 29.4 Å². The summed E-state index contributed by atoms with van der Waals surface area (Å²) in [6.45, 7) is 7.45. The van der Waals surface area contributed by atoms with Gasteiger partial charge in [-0.3, -0.25) is 28.9 Å². The molecule has 1 heterocycles. The van der Waals surface area contributed by atoms with E-state index in [1.165, 1.54) is 17.1 Å². The van der Waals surface area contributed by atoms with Crippen LogP contribution in [0.4, 0.5) is 4.79 Å². The van der Waals surface area contributed by atoms with Crippen molar-refractivity contribution in [2.24, 2.45) is 5.92 Å². The van der Waals surface area contributed by atoms with Crippen LogP contribution in [0.25, 0.3) is 0 Å². The number of ether oxygens (including phenoxy) is 4. The molecule has 3 amide bonds. The molecule has 0 fully saturated rings. The quantitative estimate of drug-likeness (QED) is 0.107. The maximum Gasteiger partial charge on any atom is 0.407 e. The number of hydrogen-bond acceptors (Lipinski definition) is 10. The minimum Gasteiger partial charge on any atom is -0.481 e. The number of carboxylic acids is 1. The van der Waals surface area contributed by atoms with Crippen LogP contribution in [-0.4, -0.2) is 104 Å². The lowest BCUT2D eigenvalue weighted by Crippen LogP contribution is -2.33. The standard InChI is InChI=1S/C31H50N2O11/c1-31(2,3)44-30(40)32-15-7-6-10-24(29(38)39)22-26(35)23-43-21-20-42-19-18-41-17-9-12-25(34)11-5-4-8-16-33-27(36)13-14-28(33)37/h13-14,24H,4-12,15-23H2,1-3H3,(H,32,40)(H,38,39). The molecule has 13 nitrogen and oxygen atoms in total. The van der Waals surface area contributed by atoms with Crippen LogP contribution in [0.15, 0.2) is 12.2 Å². The molecular formula is C31H50N2O11. The molecule has 0 bridgehead atoms. The number of aliphatic carboxylic acids is 1. The van der Waals surface area contributed by atoms with E-state index >= 15 is 0 Å². The predicted octanol–water partition coefficient (Wildman–Crippen LogP) is 3.23. The van der Waals surface area contributed by atoms with Crippen molar-refractivity contribution in [3.05, 3.63) is 12.2 Å². The SMILES string of the molecule is CC(C)(C)OC(=O)NCCCCC(CC(=O)COCCOCCOCCCC(=O)CCCCCN1C(=O)C=CC1=O)C(=O)O. The smallest absolute Gasteiger partial charge is 0.407 e. The maximum atomic E-state index is 12.1. The minimum absolute atomic E-state index is 0.118. The predicted molar refractivity (Wildman–Crippen MR) is 160 cm³/mol. The monoisotopic (exact) mass is 626 g/mol. The van der Waals surface area contributed by atoms with Crippen LogP contribution in [0.5, 0.6) is 0 Å². The number of hydrogen-bond donors (Lipinski definition) is 2. The van der Waals surface area contributed by atoms with Gasteiger partial charge in [-0.2, -0.15) is 0 Å². The highest BCUT2D eigenvalue weighted by atomic mass is 16.6. The van der Waals surface area contributed by atoms with E-state index in [0.717, 1.165) is 12.8 Å². The van der Waals surface area contributed by atoms with Crippen molar-refractivity contribution in [3.8, 4) is 0 Å². The average molecular weight is 627 g/mol. The molecule has 0 aromatic heterocycles. The highest BCUT2D eigenvalue weighted by Gasteiger charge is 2.23. The van der Waals surface area contributed by atoms with Gasteiger partial charge in [0.15, 0.2) is 5.78 Å². The number of unbranched alkanes of at least 4 members (excludes halogenated alkanes) is 3. The Morgan fingerprint density at radius 2 is 1.41 bits per heavy atom.